The van der Waals surface area contributed by atoms with Crippen molar-refractivity contribution >= 4 is 5.91 Å². The summed E-state index contributed by atoms with van der Waals surface area (Å²) < 4.78 is 1.80. The van der Waals surface area contributed by atoms with Crippen LogP contribution in [0.1, 0.15) is 37.6 Å². The van der Waals surface area contributed by atoms with Crippen LogP contribution in [0.3, 0.4) is 0 Å². The van der Waals surface area contributed by atoms with Gasteiger partial charge in [-0.3, -0.25) is 9.48 Å². The predicted molar refractivity (Wildman–Crippen MR) is 66.7 cm³/mol. The molecule has 4 heteroatoms. The van der Waals surface area contributed by atoms with Gasteiger partial charge in [0.15, 0.2) is 0 Å². The second kappa shape index (κ2) is 4.90. The van der Waals surface area contributed by atoms with Crippen molar-refractivity contribution < 1.29 is 4.79 Å². The standard InChI is InChI=1S/C13H21N3O/c1-4-16-9-12(6-14-16)13(17)15-7-10(2)5-11(3)8-15/h6,9-11H,4-5,7-8H2,1-3H3/t10-,11-/m0/s1. The zero-order chi connectivity index (χ0) is 12.4. The molecule has 1 amide bonds. The molecule has 0 radical (unpaired) electrons. The van der Waals surface area contributed by atoms with E-state index in [2.05, 4.69) is 18.9 Å². The average Bonchev–Trinajstić information content (AvgIpc) is 2.75. The molecule has 0 unspecified atom stereocenters. The fourth-order valence-corrected chi connectivity index (χ4v) is 2.66. The summed E-state index contributed by atoms with van der Waals surface area (Å²) in [6.07, 6.45) is 4.74. The molecule has 0 aliphatic carbocycles. The lowest BCUT2D eigenvalue weighted by Crippen LogP contribution is -2.42. The third-order valence-corrected chi connectivity index (χ3v) is 3.36. The summed E-state index contributed by atoms with van der Waals surface area (Å²) in [4.78, 5) is 14.3. The normalized spacial score (nSPS) is 25.0. The quantitative estimate of drug-likeness (QED) is 0.786. The summed E-state index contributed by atoms with van der Waals surface area (Å²) in [5.41, 5.74) is 0.716. The van der Waals surface area contributed by atoms with E-state index in [-0.39, 0.29) is 5.91 Å². The monoisotopic (exact) mass is 235 g/mol. The lowest BCUT2D eigenvalue weighted by atomic mass is 9.91. The first-order valence-electron chi connectivity index (χ1n) is 6.41. The van der Waals surface area contributed by atoms with Gasteiger partial charge in [0.1, 0.15) is 0 Å². The molecule has 0 bridgehead atoms. The van der Waals surface area contributed by atoms with Gasteiger partial charge in [-0.25, -0.2) is 0 Å². The second-order valence-electron chi connectivity index (χ2n) is 5.24. The maximum atomic E-state index is 12.3. The van der Waals surface area contributed by atoms with E-state index in [1.54, 1.807) is 10.9 Å². The molecule has 1 aromatic heterocycles. The molecular weight excluding hydrogens is 214 g/mol. The molecule has 1 aliphatic rings. The topological polar surface area (TPSA) is 38.1 Å². The van der Waals surface area contributed by atoms with Crippen molar-refractivity contribution in [2.45, 2.75) is 33.7 Å². The van der Waals surface area contributed by atoms with Gasteiger partial charge in [0, 0.05) is 25.8 Å². The Kier molecular flexibility index (Phi) is 3.50. The van der Waals surface area contributed by atoms with Crippen LogP contribution in [-0.2, 0) is 6.54 Å². The zero-order valence-corrected chi connectivity index (χ0v) is 10.9. The fourth-order valence-electron chi connectivity index (χ4n) is 2.66. The number of carbonyl (C=O) groups excluding carboxylic acids is 1. The lowest BCUT2D eigenvalue weighted by Gasteiger charge is -2.34. The molecule has 0 saturated carbocycles. The number of likely N-dealkylation sites (tertiary alicyclic amines) is 1. The van der Waals surface area contributed by atoms with E-state index in [4.69, 9.17) is 0 Å². The van der Waals surface area contributed by atoms with Crippen LogP contribution in [0.4, 0.5) is 0 Å². The highest BCUT2D eigenvalue weighted by Crippen LogP contribution is 2.22. The second-order valence-corrected chi connectivity index (χ2v) is 5.24. The minimum atomic E-state index is 0.128. The zero-order valence-electron chi connectivity index (χ0n) is 10.9. The van der Waals surface area contributed by atoms with E-state index in [1.807, 2.05) is 18.0 Å². The van der Waals surface area contributed by atoms with Crippen LogP contribution in [0.15, 0.2) is 12.4 Å². The van der Waals surface area contributed by atoms with Crippen LogP contribution >= 0.6 is 0 Å². The first-order valence-corrected chi connectivity index (χ1v) is 6.41. The Morgan fingerprint density at radius 3 is 2.59 bits per heavy atom. The Balaban J connectivity index is 2.08. The van der Waals surface area contributed by atoms with Crippen molar-refractivity contribution in [3.05, 3.63) is 18.0 Å². The van der Waals surface area contributed by atoms with E-state index < -0.39 is 0 Å². The van der Waals surface area contributed by atoms with Gasteiger partial charge in [-0.1, -0.05) is 13.8 Å². The van der Waals surface area contributed by atoms with Gasteiger partial charge >= 0.3 is 0 Å². The van der Waals surface area contributed by atoms with Crippen LogP contribution in [0.2, 0.25) is 0 Å². The molecule has 2 heterocycles. The van der Waals surface area contributed by atoms with Crippen molar-refractivity contribution in [2.24, 2.45) is 11.8 Å². The van der Waals surface area contributed by atoms with Gasteiger partial charge in [-0.2, -0.15) is 5.10 Å². The van der Waals surface area contributed by atoms with Crippen LogP contribution in [0, 0.1) is 11.8 Å². The van der Waals surface area contributed by atoms with E-state index in [9.17, 15) is 4.79 Å². The summed E-state index contributed by atoms with van der Waals surface area (Å²) in [6.45, 7) is 9.00. The van der Waals surface area contributed by atoms with Gasteiger partial charge in [0.25, 0.3) is 5.91 Å². The number of aromatic nitrogens is 2. The van der Waals surface area contributed by atoms with E-state index in [1.165, 1.54) is 6.42 Å². The summed E-state index contributed by atoms with van der Waals surface area (Å²) in [5.74, 6) is 1.33. The summed E-state index contributed by atoms with van der Waals surface area (Å²) in [7, 11) is 0. The van der Waals surface area contributed by atoms with Crippen molar-refractivity contribution in [1.29, 1.82) is 0 Å². The van der Waals surface area contributed by atoms with Crippen LogP contribution in [0.5, 0.6) is 0 Å². The number of carbonyl (C=O) groups is 1. The molecule has 94 valence electrons. The van der Waals surface area contributed by atoms with Gasteiger partial charge < -0.3 is 4.90 Å². The molecule has 1 fully saturated rings. The molecule has 0 N–H and O–H groups in total. The maximum Gasteiger partial charge on any atom is 0.257 e. The minimum absolute atomic E-state index is 0.128. The minimum Gasteiger partial charge on any atom is -0.338 e. The highest BCUT2D eigenvalue weighted by atomic mass is 16.2. The Hall–Kier alpha value is -1.32. The Labute approximate surface area is 103 Å². The summed E-state index contributed by atoms with van der Waals surface area (Å²) >= 11 is 0. The van der Waals surface area contributed by atoms with Crippen molar-refractivity contribution in [2.75, 3.05) is 13.1 Å². The summed E-state index contributed by atoms with van der Waals surface area (Å²) in [5, 5.41) is 4.16. The molecule has 1 saturated heterocycles. The Bertz CT molecular complexity index is 389. The van der Waals surface area contributed by atoms with Crippen LogP contribution < -0.4 is 0 Å². The van der Waals surface area contributed by atoms with Crippen molar-refractivity contribution in [3.8, 4) is 0 Å². The average molecular weight is 235 g/mol. The predicted octanol–water partition coefficient (Wildman–Crippen LogP) is 2.02. The van der Waals surface area contributed by atoms with Gasteiger partial charge in [-0.05, 0) is 25.2 Å². The SMILES string of the molecule is CCn1cc(C(=O)N2C[C@@H](C)C[C@H](C)C2)cn1. The lowest BCUT2D eigenvalue weighted by molar-refractivity contribution is 0.0623. The largest absolute Gasteiger partial charge is 0.338 e. The highest BCUT2D eigenvalue weighted by molar-refractivity contribution is 5.93. The number of hydrogen-bond donors (Lipinski definition) is 0. The molecule has 4 nitrogen and oxygen atoms in total. The number of nitrogens with zero attached hydrogens (tertiary/aromatic N) is 3. The van der Waals surface area contributed by atoms with Gasteiger partial charge in [0.05, 0.1) is 11.8 Å². The third-order valence-electron chi connectivity index (χ3n) is 3.36. The number of piperidine rings is 1. The number of rotatable bonds is 2. The first kappa shape index (κ1) is 12.1. The van der Waals surface area contributed by atoms with Gasteiger partial charge in [0.2, 0.25) is 0 Å². The first-order chi connectivity index (χ1) is 8.10. The Morgan fingerprint density at radius 1 is 1.41 bits per heavy atom. The third kappa shape index (κ3) is 2.68. The Morgan fingerprint density at radius 2 is 2.06 bits per heavy atom. The van der Waals surface area contributed by atoms with Crippen LogP contribution in [-0.4, -0.2) is 33.7 Å². The van der Waals surface area contributed by atoms with E-state index in [0.717, 1.165) is 19.6 Å². The molecule has 1 aliphatic heterocycles. The number of amides is 1. The maximum absolute atomic E-state index is 12.3. The molecule has 17 heavy (non-hydrogen) atoms. The highest BCUT2D eigenvalue weighted by Gasteiger charge is 2.26. The number of aryl methyl sites for hydroxylation is 1. The van der Waals surface area contributed by atoms with Crippen molar-refractivity contribution in [3.63, 3.8) is 0 Å². The van der Waals surface area contributed by atoms with Gasteiger partial charge in [-0.15, -0.1) is 0 Å². The molecule has 2 rings (SSSR count). The number of hydrogen-bond acceptors (Lipinski definition) is 2. The van der Waals surface area contributed by atoms with Crippen molar-refractivity contribution in [1.82, 2.24) is 14.7 Å². The smallest absolute Gasteiger partial charge is 0.257 e. The van der Waals surface area contributed by atoms with E-state index >= 15 is 0 Å². The molecular formula is C13H21N3O. The van der Waals surface area contributed by atoms with Crippen LogP contribution in [0.25, 0.3) is 0 Å². The molecule has 0 spiro atoms. The van der Waals surface area contributed by atoms with E-state index in [0.29, 0.717) is 17.4 Å². The molecule has 1 aromatic rings. The summed E-state index contributed by atoms with van der Waals surface area (Å²) in [6, 6.07) is 0. The molecule has 2 atom stereocenters. The molecule has 0 aromatic carbocycles. The fraction of sp³-hybridized carbons (Fsp3) is 0.692.